The number of benzene rings is 1. The largest absolute Gasteiger partial charge is 0.483 e. The third-order valence-electron chi connectivity index (χ3n) is 7.18. The van der Waals surface area contributed by atoms with E-state index in [4.69, 9.17) is 9.15 Å². The van der Waals surface area contributed by atoms with Crippen molar-refractivity contribution in [1.29, 1.82) is 0 Å². The molecule has 0 unspecified atom stereocenters. The number of carbonyl (C=O) groups is 1. The number of ether oxygens (including phenoxy) is 1. The minimum absolute atomic E-state index is 0.0339. The quantitative estimate of drug-likeness (QED) is 0.523. The van der Waals surface area contributed by atoms with Gasteiger partial charge in [0.2, 0.25) is 0 Å². The van der Waals surface area contributed by atoms with Gasteiger partial charge in [-0.05, 0) is 55.9 Å². The molecular formula is C27H30N2O5. The number of amides is 1. The predicted molar refractivity (Wildman–Crippen MR) is 129 cm³/mol. The molecule has 0 spiro atoms. The van der Waals surface area contributed by atoms with Crippen molar-refractivity contribution in [2.45, 2.75) is 52.0 Å². The molecule has 0 saturated carbocycles. The number of aromatic nitrogens is 1. The summed E-state index contributed by atoms with van der Waals surface area (Å²) in [4.78, 5) is 39.2. The van der Waals surface area contributed by atoms with Crippen LogP contribution >= 0.6 is 0 Å². The van der Waals surface area contributed by atoms with Crippen LogP contribution in [0.2, 0.25) is 0 Å². The van der Waals surface area contributed by atoms with Crippen LogP contribution in [0.5, 0.6) is 5.75 Å². The lowest BCUT2D eigenvalue weighted by atomic mass is 9.83. The summed E-state index contributed by atoms with van der Waals surface area (Å²) in [6.45, 7) is 5.78. The van der Waals surface area contributed by atoms with E-state index in [9.17, 15) is 14.4 Å². The fraction of sp³-hybridized carbons (Fsp3) is 0.444. The van der Waals surface area contributed by atoms with Crippen LogP contribution < -0.4 is 15.9 Å². The fourth-order valence-corrected chi connectivity index (χ4v) is 5.47. The molecule has 3 aromatic rings. The van der Waals surface area contributed by atoms with Crippen LogP contribution in [0.3, 0.4) is 0 Å². The van der Waals surface area contributed by atoms with Gasteiger partial charge in [0.25, 0.3) is 11.5 Å². The molecule has 178 valence electrons. The predicted octanol–water partition coefficient (Wildman–Crippen LogP) is 3.63. The van der Waals surface area contributed by atoms with Crippen molar-refractivity contribution in [3.8, 4) is 5.75 Å². The van der Waals surface area contributed by atoms with Crippen molar-refractivity contribution in [1.82, 2.24) is 9.47 Å². The number of hydrogen-bond donors (Lipinski definition) is 0. The number of pyridine rings is 1. The maximum atomic E-state index is 13.0. The molecule has 0 radical (unpaired) electrons. The highest BCUT2D eigenvalue weighted by Crippen LogP contribution is 2.35. The lowest BCUT2D eigenvalue weighted by Crippen LogP contribution is -2.50. The lowest BCUT2D eigenvalue weighted by Gasteiger charge is -2.42. The molecule has 34 heavy (non-hydrogen) atoms. The van der Waals surface area contributed by atoms with E-state index in [0.29, 0.717) is 31.0 Å². The molecule has 2 atom stereocenters. The highest BCUT2D eigenvalue weighted by atomic mass is 16.5. The van der Waals surface area contributed by atoms with Gasteiger partial charge in [0.1, 0.15) is 11.3 Å². The van der Waals surface area contributed by atoms with E-state index < -0.39 is 0 Å². The zero-order valence-corrected chi connectivity index (χ0v) is 19.7. The molecule has 1 amide bonds. The Hall–Kier alpha value is -3.35. The van der Waals surface area contributed by atoms with E-state index >= 15 is 0 Å². The van der Waals surface area contributed by atoms with Crippen molar-refractivity contribution < 1.29 is 13.9 Å². The summed E-state index contributed by atoms with van der Waals surface area (Å²) in [5.41, 5.74) is 2.92. The minimum atomic E-state index is -0.367. The molecule has 1 aromatic carbocycles. The van der Waals surface area contributed by atoms with Crippen LogP contribution in [0.4, 0.5) is 0 Å². The molecular weight excluding hydrogens is 432 g/mol. The smallest absolute Gasteiger partial charge is 0.336 e. The fourth-order valence-electron chi connectivity index (χ4n) is 5.47. The second-order valence-corrected chi connectivity index (χ2v) is 9.55. The number of rotatable bonds is 6. The highest BCUT2D eigenvalue weighted by Gasteiger charge is 2.36. The molecule has 0 aliphatic carbocycles. The standard InChI is InChI=1S/C27H30N2O5/c1-3-4-6-19-12-26(32)34-27-17(2)23(10-9-21(19)27)33-16-25(31)28-13-18-11-20(15-28)22-7-5-8-24(30)29(22)14-18/h5,7-10,12,18,20H,3-4,6,11,13-16H2,1-2H3/t18-,20-/m0/s1. The third-order valence-corrected chi connectivity index (χ3v) is 7.18. The van der Waals surface area contributed by atoms with E-state index in [2.05, 4.69) is 6.92 Å². The van der Waals surface area contributed by atoms with E-state index in [1.807, 2.05) is 34.6 Å². The molecule has 2 aromatic heterocycles. The van der Waals surface area contributed by atoms with E-state index in [1.165, 1.54) is 0 Å². The van der Waals surface area contributed by atoms with Gasteiger partial charge in [0.15, 0.2) is 6.61 Å². The Morgan fingerprint density at radius 1 is 1.15 bits per heavy atom. The summed E-state index contributed by atoms with van der Waals surface area (Å²) < 4.78 is 13.3. The summed E-state index contributed by atoms with van der Waals surface area (Å²) in [6, 6.07) is 10.7. The Labute approximate surface area is 197 Å². The van der Waals surface area contributed by atoms with Gasteiger partial charge in [0, 0.05) is 54.3 Å². The molecule has 5 rings (SSSR count). The minimum Gasteiger partial charge on any atom is -0.483 e. The topological polar surface area (TPSA) is 81.8 Å². The first-order valence-corrected chi connectivity index (χ1v) is 12.1. The Morgan fingerprint density at radius 2 is 2.00 bits per heavy atom. The normalized spacial score (nSPS) is 19.2. The van der Waals surface area contributed by atoms with Gasteiger partial charge in [0.05, 0.1) is 0 Å². The summed E-state index contributed by atoms with van der Waals surface area (Å²) in [6.07, 6.45) is 3.87. The maximum Gasteiger partial charge on any atom is 0.336 e. The van der Waals surface area contributed by atoms with Gasteiger partial charge in [-0.1, -0.05) is 19.4 Å². The first-order valence-electron chi connectivity index (χ1n) is 12.1. The molecule has 0 N–H and O–H groups in total. The Balaban J connectivity index is 1.31. The van der Waals surface area contributed by atoms with Gasteiger partial charge >= 0.3 is 5.63 Å². The SMILES string of the molecule is CCCCc1cc(=O)oc2c(C)c(OCC(=O)N3C[C@@H]4C[C@@H](C3)c3cccc(=O)n3C4)ccc12. The number of likely N-dealkylation sites (tertiary alicyclic amines) is 1. The summed E-state index contributed by atoms with van der Waals surface area (Å²) in [7, 11) is 0. The van der Waals surface area contributed by atoms with Crippen LogP contribution in [0.1, 0.15) is 48.9 Å². The van der Waals surface area contributed by atoms with Gasteiger partial charge in [-0.2, -0.15) is 0 Å². The summed E-state index contributed by atoms with van der Waals surface area (Å²) in [5, 5.41) is 0.919. The monoisotopic (exact) mass is 462 g/mol. The maximum absolute atomic E-state index is 13.0. The number of unbranched alkanes of at least 4 members (excludes halogenated alkanes) is 1. The van der Waals surface area contributed by atoms with Crippen molar-refractivity contribution >= 4 is 16.9 Å². The van der Waals surface area contributed by atoms with E-state index in [-0.39, 0.29) is 35.5 Å². The molecule has 7 nitrogen and oxygen atoms in total. The number of piperidine rings is 1. The second-order valence-electron chi connectivity index (χ2n) is 9.55. The van der Waals surface area contributed by atoms with Crippen molar-refractivity contribution in [3.63, 3.8) is 0 Å². The zero-order chi connectivity index (χ0) is 23.8. The number of nitrogens with zero attached hydrogens (tertiary/aromatic N) is 2. The van der Waals surface area contributed by atoms with Crippen LogP contribution in [0.15, 0.2) is 50.4 Å². The van der Waals surface area contributed by atoms with Crippen molar-refractivity contribution in [3.05, 3.63) is 74.0 Å². The van der Waals surface area contributed by atoms with Crippen LogP contribution in [0.25, 0.3) is 11.0 Å². The first kappa shape index (κ1) is 22.4. The Morgan fingerprint density at radius 3 is 2.82 bits per heavy atom. The Bertz CT molecular complexity index is 1360. The van der Waals surface area contributed by atoms with Crippen LogP contribution in [-0.2, 0) is 17.8 Å². The second kappa shape index (κ2) is 9.12. The molecule has 1 fully saturated rings. The highest BCUT2D eigenvalue weighted by molar-refractivity contribution is 5.85. The van der Waals surface area contributed by atoms with Gasteiger partial charge < -0.3 is 18.6 Å². The van der Waals surface area contributed by atoms with Gasteiger partial charge in [-0.25, -0.2) is 4.79 Å². The first-order chi connectivity index (χ1) is 16.4. The number of fused-ring (bicyclic) bond motifs is 5. The molecule has 7 heteroatoms. The molecule has 2 bridgehead atoms. The molecule has 2 aliphatic heterocycles. The Kier molecular flexibility index (Phi) is 6.02. The van der Waals surface area contributed by atoms with Crippen LogP contribution in [-0.4, -0.2) is 35.1 Å². The average molecular weight is 463 g/mol. The van der Waals surface area contributed by atoms with E-state index in [1.54, 1.807) is 18.2 Å². The molecule has 2 aliphatic rings. The van der Waals surface area contributed by atoms with Crippen molar-refractivity contribution in [2.24, 2.45) is 5.92 Å². The summed E-state index contributed by atoms with van der Waals surface area (Å²) >= 11 is 0. The van der Waals surface area contributed by atoms with Crippen molar-refractivity contribution in [2.75, 3.05) is 19.7 Å². The lowest BCUT2D eigenvalue weighted by molar-refractivity contribution is -0.136. The van der Waals surface area contributed by atoms with Gasteiger partial charge in [-0.3, -0.25) is 9.59 Å². The number of carbonyl (C=O) groups excluding carboxylic acids is 1. The molecule has 1 saturated heterocycles. The number of aryl methyl sites for hydroxylation is 2. The number of hydrogen-bond acceptors (Lipinski definition) is 5. The van der Waals surface area contributed by atoms with Gasteiger partial charge in [-0.15, -0.1) is 0 Å². The molecule has 4 heterocycles. The zero-order valence-electron chi connectivity index (χ0n) is 19.7. The van der Waals surface area contributed by atoms with E-state index in [0.717, 1.165) is 47.9 Å². The third kappa shape index (κ3) is 4.15. The average Bonchev–Trinajstić information content (AvgIpc) is 2.83. The van der Waals surface area contributed by atoms with Crippen LogP contribution in [0, 0.1) is 12.8 Å². The summed E-state index contributed by atoms with van der Waals surface area (Å²) in [5.74, 6) is 0.918.